The van der Waals surface area contributed by atoms with E-state index >= 15 is 0 Å². The van der Waals surface area contributed by atoms with Crippen molar-refractivity contribution in [1.82, 2.24) is 0 Å². The Bertz CT molecular complexity index is 209. The van der Waals surface area contributed by atoms with E-state index < -0.39 is 10.4 Å². The molecule has 0 aliphatic carbocycles. The molecule has 0 atom stereocenters. The maximum absolute atomic E-state index is 10.2. The minimum Gasteiger partial charge on any atom is -0.361 e. The molecule has 0 aromatic heterocycles. The summed E-state index contributed by atoms with van der Waals surface area (Å²) in [6, 6.07) is 0. The molecule has 0 saturated heterocycles. The molecule has 0 spiro atoms. The molecule has 0 aromatic carbocycles. The molecular formula is C4H6O4S. The van der Waals surface area contributed by atoms with E-state index in [0.29, 0.717) is 0 Å². The van der Waals surface area contributed by atoms with E-state index in [2.05, 4.69) is 20.7 Å². The van der Waals surface area contributed by atoms with Crippen LogP contribution in [0.2, 0.25) is 0 Å². The van der Waals surface area contributed by atoms with E-state index in [1.807, 2.05) is 0 Å². The normalized spacial score (nSPS) is 9.89. The second-order valence-corrected chi connectivity index (χ2v) is 2.34. The van der Waals surface area contributed by atoms with Crippen LogP contribution in [-0.2, 0) is 18.8 Å². The SMILES string of the molecule is C=C=COS(=O)(=O)OC. The van der Waals surface area contributed by atoms with Crippen LogP contribution in [0, 0.1) is 0 Å². The van der Waals surface area contributed by atoms with Crippen LogP contribution < -0.4 is 0 Å². The molecule has 0 aliphatic heterocycles. The van der Waals surface area contributed by atoms with Crippen LogP contribution in [0.25, 0.3) is 0 Å². The maximum atomic E-state index is 10.2. The number of rotatable bonds is 3. The molecule has 0 heterocycles. The van der Waals surface area contributed by atoms with Gasteiger partial charge in [0.1, 0.15) is 0 Å². The molecule has 0 rings (SSSR count). The highest BCUT2D eigenvalue weighted by Gasteiger charge is 2.04. The molecule has 0 amide bonds. The quantitative estimate of drug-likeness (QED) is 0.425. The molecule has 0 N–H and O–H groups in total. The largest absolute Gasteiger partial charge is 0.448 e. The fraction of sp³-hybridized carbons (Fsp3) is 0.250. The Morgan fingerprint density at radius 3 is 2.56 bits per heavy atom. The fourth-order valence-corrected chi connectivity index (χ4v) is 0.397. The lowest BCUT2D eigenvalue weighted by molar-refractivity contribution is 0.309. The van der Waals surface area contributed by atoms with Gasteiger partial charge in [-0.1, -0.05) is 12.3 Å². The van der Waals surface area contributed by atoms with E-state index in [4.69, 9.17) is 0 Å². The zero-order chi connectivity index (χ0) is 7.33. The van der Waals surface area contributed by atoms with Crippen LogP contribution in [0.1, 0.15) is 0 Å². The molecular weight excluding hydrogens is 144 g/mol. The molecule has 4 nitrogen and oxygen atoms in total. The van der Waals surface area contributed by atoms with Gasteiger partial charge in [0.2, 0.25) is 0 Å². The van der Waals surface area contributed by atoms with E-state index in [1.165, 1.54) is 0 Å². The first-order valence-corrected chi connectivity index (χ1v) is 3.29. The molecule has 5 heteroatoms. The predicted octanol–water partition coefficient (Wildman–Crippen LogP) is 0.193. The van der Waals surface area contributed by atoms with Crippen molar-refractivity contribution in [2.75, 3.05) is 7.11 Å². The summed E-state index contributed by atoms with van der Waals surface area (Å²) in [5.41, 5.74) is 2.10. The Kier molecular flexibility index (Phi) is 3.01. The topological polar surface area (TPSA) is 52.6 Å². The standard InChI is InChI=1S/C4H6O4S/c1-3-4-8-9(5,6)7-2/h4H,1H2,2H3. The molecule has 0 aromatic rings. The highest BCUT2D eigenvalue weighted by Crippen LogP contribution is 1.91. The van der Waals surface area contributed by atoms with E-state index in [0.717, 1.165) is 13.4 Å². The Morgan fingerprint density at radius 2 is 2.22 bits per heavy atom. The van der Waals surface area contributed by atoms with Crippen molar-refractivity contribution in [2.24, 2.45) is 0 Å². The van der Waals surface area contributed by atoms with Crippen molar-refractivity contribution < 1.29 is 16.8 Å². The van der Waals surface area contributed by atoms with Crippen LogP contribution in [0.3, 0.4) is 0 Å². The third kappa shape index (κ3) is 3.78. The lowest BCUT2D eigenvalue weighted by atomic mass is 11.0. The zero-order valence-corrected chi connectivity index (χ0v) is 5.64. The Hall–Kier alpha value is -0.770. The Morgan fingerprint density at radius 1 is 1.67 bits per heavy atom. The summed E-state index contributed by atoms with van der Waals surface area (Å²) in [6.45, 7) is 3.07. The van der Waals surface area contributed by atoms with E-state index in [9.17, 15) is 8.42 Å². The molecule has 0 fully saturated rings. The second kappa shape index (κ2) is 3.29. The first-order valence-electron chi connectivity index (χ1n) is 1.95. The van der Waals surface area contributed by atoms with Crippen LogP contribution in [-0.4, -0.2) is 15.5 Å². The minimum absolute atomic E-state index is 0.791. The molecule has 0 bridgehead atoms. The fourth-order valence-electron chi connectivity index (χ4n) is 0.132. The van der Waals surface area contributed by atoms with Crippen LogP contribution in [0.4, 0.5) is 0 Å². The van der Waals surface area contributed by atoms with Gasteiger partial charge in [0.15, 0.2) is 6.26 Å². The van der Waals surface area contributed by atoms with Gasteiger partial charge in [-0.05, 0) is 0 Å². The zero-order valence-electron chi connectivity index (χ0n) is 4.83. The maximum Gasteiger partial charge on any atom is 0.448 e. The molecule has 0 radical (unpaired) electrons. The van der Waals surface area contributed by atoms with Crippen molar-refractivity contribution in [2.45, 2.75) is 0 Å². The van der Waals surface area contributed by atoms with Gasteiger partial charge in [0, 0.05) is 0 Å². The van der Waals surface area contributed by atoms with Crippen molar-refractivity contribution >= 4 is 10.4 Å². The van der Waals surface area contributed by atoms with Gasteiger partial charge in [0.05, 0.1) is 7.11 Å². The lowest BCUT2D eigenvalue weighted by Crippen LogP contribution is -2.01. The monoisotopic (exact) mass is 150 g/mol. The summed E-state index contributed by atoms with van der Waals surface area (Å²) >= 11 is 0. The van der Waals surface area contributed by atoms with Crippen molar-refractivity contribution in [1.29, 1.82) is 0 Å². The summed E-state index contributed by atoms with van der Waals surface area (Å²) in [5.74, 6) is 0. The van der Waals surface area contributed by atoms with Crippen LogP contribution >= 0.6 is 0 Å². The highest BCUT2D eigenvalue weighted by atomic mass is 32.3. The van der Waals surface area contributed by atoms with Crippen molar-refractivity contribution in [3.8, 4) is 0 Å². The molecule has 0 unspecified atom stereocenters. The minimum atomic E-state index is -3.84. The Labute approximate surface area is 53.7 Å². The smallest absolute Gasteiger partial charge is 0.361 e. The summed E-state index contributed by atoms with van der Waals surface area (Å²) in [6.07, 6.45) is 0.791. The highest BCUT2D eigenvalue weighted by molar-refractivity contribution is 7.81. The van der Waals surface area contributed by atoms with Gasteiger partial charge < -0.3 is 4.18 Å². The van der Waals surface area contributed by atoms with E-state index in [1.54, 1.807) is 0 Å². The average Bonchev–Trinajstić information content (AvgIpc) is 1.84. The third-order valence-electron chi connectivity index (χ3n) is 0.453. The third-order valence-corrected chi connectivity index (χ3v) is 1.19. The average molecular weight is 150 g/mol. The van der Waals surface area contributed by atoms with Crippen LogP contribution in [0.15, 0.2) is 18.6 Å². The Balaban J connectivity index is 4.05. The van der Waals surface area contributed by atoms with Crippen molar-refractivity contribution in [3.63, 3.8) is 0 Å². The summed E-state index contributed by atoms with van der Waals surface area (Å²) in [7, 11) is -2.85. The lowest BCUT2D eigenvalue weighted by Gasteiger charge is -1.94. The first kappa shape index (κ1) is 8.23. The van der Waals surface area contributed by atoms with Crippen molar-refractivity contribution in [3.05, 3.63) is 18.6 Å². The first-order chi connectivity index (χ1) is 4.12. The van der Waals surface area contributed by atoms with Gasteiger partial charge in [-0.15, -0.1) is 0 Å². The van der Waals surface area contributed by atoms with Gasteiger partial charge >= 0.3 is 10.4 Å². The molecule has 9 heavy (non-hydrogen) atoms. The van der Waals surface area contributed by atoms with E-state index in [-0.39, 0.29) is 0 Å². The van der Waals surface area contributed by atoms with Gasteiger partial charge in [-0.3, -0.25) is 0 Å². The van der Waals surface area contributed by atoms with Crippen LogP contribution in [0.5, 0.6) is 0 Å². The summed E-state index contributed by atoms with van der Waals surface area (Å²) < 4.78 is 28.3. The summed E-state index contributed by atoms with van der Waals surface area (Å²) in [4.78, 5) is 0. The second-order valence-electron chi connectivity index (χ2n) is 0.993. The summed E-state index contributed by atoms with van der Waals surface area (Å²) in [5, 5.41) is 0. The molecule has 0 aliphatic rings. The number of hydrogen-bond donors (Lipinski definition) is 0. The molecule has 52 valence electrons. The van der Waals surface area contributed by atoms with Gasteiger partial charge in [0.25, 0.3) is 0 Å². The van der Waals surface area contributed by atoms with Gasteiger partial charge in [-0.25, -0.2) is 4.18 Å². The number of hydrogen-bond acceptors (Lipinski definition) is 4. The predicted molar refractivity (Wildman–Crippen MR) is 30.7 cm³/mol. The van der Waals surface area contributed by atoms with Gasteiger partial charge in [-0.2, -0.15) is 8.42 Å². The molecule has 0 saturated carbocycles.